The predicted molar refractivity (Wildman–Crippen MR) is 59.2 cm³/mol. The van der Waals surface area contributed by atoms with Crippen molar-refractivity contribution in [1.29, 1.82) is 0 Å². The van der Waals surface area contributed by atoms with Crippen LogP contribution in [0.3, 0.4) is 0 Å². The summed E-state index contributed by atoms with van der Waals surface area (Å²) in [5.74, 6) is -1.96. The lowest BCUT2D eigenvalue weighted by molar-refractivity contribution is -0.159. The fourth-order valence-electron chi connectivity index (χ4n) is 0.997. The quantitative estimate of drug-likeness (QED) is 0.561. The van der Waals surface area contributed by atoms with Gasteiger partial charge in [0.1, 0.15) is 5.60 Å². The largest absolute Gasteiger partial charge is 0.458 e. The monoisotopic (exact) mass is 253 g/mol. The van der Waals surface area contributed by atoms with Gasteiger partial charge in [0.25, 0.3) is 10.1 Å². The highest BCUT2D eigenvalue weighted by atomic mass is 32.2. The Balaban J connectivity index is 5.35. The van der Waals surface area contributed by atoms with E-state index in [2.05, 4.69) is 0 Å². The van der Waals surface area contributed by atoms with Crippen LogP contribution < -0.4 is 5.73 Å². The van der Waals surface area contributed by atoms with Crippen molar-refractivity contribution in [2.24, 2.45) is 11.7 Å². The molecule has 0 bridgehead atoms. The zero-order valence-electron chi connectivity index (χ0n) is 10.1. The van der Waals surface area contributed by atoms with Gasteiger partial charge in [-0.25, -0.2) is 4.79 Å². The second-order valence-electron chi connectivity index (χ2n) is 4.92. The van der Waals surface area contributed by atoms with E-state index in [1.54, 1.807) is 20.8 Å². The third kappa shape index (κ3) is 3.16. The number of hydrogen-bond donors (Lipinski definition) is 2. The van der Waals surface area contributed by atoms with Crippen LogP contribution in [0.4, 0.5) is 0 Å². The molecule has 1 unspecified atom stereocenters. The Hall–Kier alpha value is -0.660. The fourth-order valence-corrected chi connectivity index (χ4v) is 1.84. The van der Waals surface area contributed by atoms with Gasteiger partial charge in [0.2, 0.25) is 4.87 Å². The number of esters is 1. The number of rotatable bonds is 3. The summed E-state index contributed by atoms with van der Waals surface area (Å²) in [5.41, 5.74) is 4.58. The maximum atomic E-state index is 11.7. The number of ether oxygens (including phenoxy) is 1. The minimum absolute atomic E-state index is 0.808. The third-order valence-electron chi connectivity index (χ3n) is 2.00. The molecule has 6 nitrogen and oxygen atoms in total. The molecule has 16 heavy (non-hydrogen) atoms. The summed E-state index contributed by atoms with van der Waals surface area (Å²) in [6.45, 7) is 7.57. The summed E-state index contributed by atoms with van der Waals surface area (Å²) in [6.07, 6.45) is 0. The number of hydrogen-bond acceptors (Lipinski definition) is 5. The summed E-state index contributed by atoms with van der Waals surface area (Å²) < 4.78 is 36.2. The number of nitrogens with two attached hydrogens (primary N) is 1. The first-order chi connectivity index (χ1) is 6.82. The topological polar surface area (TPSA) is 107 Å². The molecule has 96 valence electrons. The van der Waals surface area contributed by atoms with Crippen LogP contribution in [-0.4, -0.2) is 29.4 Å². The van der Waals surface area contributed by atoms with Crippen LogP contribution in [-0.2, 0) is 19.6 Å². The maximum Gasteiger partial charge on any atom is 0.345 e. The average Bonchev–Trinajstić information content (AvgIpc) is 1.96. The van der Waals surface area contributed by atoms with Crippen molar-refractivity contribution in [1.82, 2.24) is 0 Å². The lowest BCUT2D eigenvalue weighted by atomic mass is 10.0. The first-order valence-corrected chi connectivity index (χ1v) is 6.25. The van der Waals surface area contributed by atoms with Crippen molar-refractivity contribution < 1.29 is 22.5 Å². The van der Waals surface area contributed by atoms with Crippen molar-refractivity contribution in [2.45, 2.75) is 45.1 Å². The van der Waals surface area contributed by atoms with Crippen LogP contribution in [0.2, 0.25) is 0 Å². The normalized spacial score (nSPS) is 17.0. The van der Waals surface area contributed by atoms with Gasteiger partial charge in [-0.3, -0.25) is 4.55 Å². The second-order valence-corrected chi connectivity index (χ2v) is 6.55. The lowest BCUT2D eigenvalue weighted by Crippen LogP contribution is -2.60. The van der Waals surface area contributed by atoms with Gasteiger partial charge in [-0.2, -0.15) is 8.42 Å². The van der Waals surface area contributed by atoms with Crippen molar-refractivity contribution >= 4 is 16.1 Å². The Bertz CT molecular complexity index is 368. The van der Waals surface area contributed by atoms with Gasteiger partial charge in [0.15, 0.2) is 0 Å². The van der Waals surface area contributed by atoms with E-state index in [9.17, 15) is 13.2 Å². The lowest BCUT2D eigenvalue weighted by Gasteiger charge is -2.31. The van der Waals surface area contributed by atoms with Gasteiger partial charge in [-0.05, 0) is 26.7 Å². The van der Waals surface area contributed by atoms with Crippen LogP contribution >= 0.6 is 0 Å². The molecule has 3 N–H and O–H groups in total. The molecule has 0 aromatic carbocycles. The van der Waals surface area contributed by atoms with Crippen LogP contribution in [0, 0.1) is 5.92 Å². The fraction of sp³-hybridized carbons (Fsp3) is 0.889. The first-order valence-electron chi connectivity index (χ1n) is 4.81. The van der Waals surface area contributed by atoms with Crippen LogP contribution in [0.25, 0.3) is 0 Å². The molecule has 0 fully saturated rings. The molecule has 0 amide bonds. The number of carbonyl (C=O) groups is 1. The molecule has 0 aromatic rings. The summed E-state index contributed by atoms with van der Waals surface area (Å²) >= 11 is 0. The Morgan fingerprint density at radius 1 is 1.31 bits per heavy atom. The molecular formula is C9H19NO5S. The zero-order chi connectivity index (χ0) is 13.4. The highest BCUT2D eigenvalue weighted by Crippen LogP contribution is 2.24. The van der Waals surface area contributed by atoms with Crippen molar-refractivity contribution in [3.8, 4) is 0 Å². The molecule has 0 aliphatic rings. The third-order valence-corrected chi connectivity index (χ3v) is 3.49. The molecule has 0 aliphatic carbocycles. The molecule has 0 rings (SSSR count). The first kappa shape index (κ1) is 15.3. The van der Waals surface area contributed by atoms with Crippen LogP contribution in [0.1, 0.15) is 34.6 Å². The van der Waals surface area contributed by atoms with Crippen molar-refractivity contribution in [2.75, 3.05) is 0 Å². The predicted octanol–water partition coefficient (Wildman–Crippen LogP) is 0.527. The molecule has 1 atom stereocenters. The van der Waals surface area contributed by atoms with E-state index in [0.29, 0.717) is 0 Å². The summed E-state index contributed by atoms with van der Waals surface area (Å²) in [7, 11) is -4.73. The van der Waals surface area contributed by atoms with Gasteiger partial charge in [-0.15, -0.1) is 0 Å². The Labute approximate surface area is 95.9 Å². The minimum Gasteiger partial charge on any atom is -0.458 e. The standard InChI is InChI=1S/C9H19NO5S/c1-6(2)9(10,16(12,13)14)7(11)15-8(3,4)5/h6H,10H2,1-5H3,(H,12,13,14). The molecule has 0 aromatic heterocycles. The Kier molecular flexibility index (Phi) is 4.13. The van der Waals surface area contributed by atoms with Crippen LogP contribution in [0.5, 0.6) is 0 Å². The molecule has 0 aliphatic heterocycles. The van der Waals surface area contributed by atoms with Gasteiger partial charge >= 0.3 is 5.97 Å². The molecule has 0 radical (unpaired) electrons. The SMILES string of the molecule is CC(C)C(N)(C(=O)OC(C)(C)C)S(=O)(=O)O. The van der Waals surface area contributed by atoms with E-state index in [1.807, 2.05) is 0 Å². The highest BCUT2D eigenvalue weighted by Gasteiger charge is 2.52. The van der Waals surface area contributed by atoms with E-state index in [-0.39, 0.29) is 0 Å². The molecule has 7 heteroatoms. The van der Waals surface area contributed by atoms with E-state index in [4.69, 9.17) is 15.0 Å². The van der Waals surface area contributed by atoms with E-state index in [0.717, 1.165) is 0 Å². The van der Waals surface area contributed by atoms with E-state index in [1.165, 1.54) is 13.8 Å². The van der Waals surface area contributed by atoms with E-state index >= 15 is 0 Å². The van der Waals surface area contributed by atoms with Crippen LogP contribution in [0.15, 0.2) is 0 Å². The molecule has 0 saturated heterocycles. The van der Waals surface area contributed by atoms with Gasteiger partial charge in [0, 0.05) is 0 Å². The molecule has 0 heterocycles. The van der Waals surface area contributed by atoms with Gasteiger partial charge in [0.05, 0.1) is 0 Å². The maximum absolute atomic E-state index is 11.7. The Morgan fingerprint density at radius 2 is 1.69 bits per heavy atom. The summed E-state index contributed by atoms with van der Waals surface area (Å²) in [6, 6.07) is 0. The van der Waals surface area contributed by atoms with Crippen molar-refractivity contribution in [3.63, 3.8) is 0 Å². The summed E-state index contributed by atoms with van der Waals surface area (Å²) in [4.78, 5) is 9.25. The molecular weight excluding hydrogens is 234 g/mol. The highest BCUT2D eigenvalue weighted by molar-refractivity contribution is 7.88. The summed E-state index contributed by atoms with van der Waals surface area (Å²) in [5, 5.41) is 0. The van der Waals surface area contributed by atoms with Gasteiger partial charge < -0.3 is 10.5 Å². The number of carbonyl (C=O) groups excluding carboxylic acids is 1. The van der Waals surface area contributed by atoms with E-state index < -0.39 is 32.5 Å². The smallest absolute Gasteiger partial charge is 0.345 e. The molecule has 0 spiro atoms. The zero-order valence-corrected chi connectivity index (χ0v) is 11.0. The van der Waals surface area contributed by atoms with Crippen molar-refractivity contribution in [3.05, 3.63) is 0 Å². The Morgan fingerprint density at radius 3 is 1.88 bits per heavy atom. The second kappa shape index (κ2) is 4.31. The van der Waals surface area contributed by atoms with Gasteiger partial charge in [-0.1, -0.05) is 13.8 Å². The average molecular weight is 253 g/mol. The molecule has 0 saturated carbocycles. The minimum atomic E-state index is -4.73.